The van der Waals surface area contributed by atoms with E-state index in [0.717, 1.165) is 6.07 Å². The van der Waals surface area contributed by atoms with Gasteiger partial charge in [-0.3, -0.25) is 20.4 Å². The molecular formula is C16H13Cl2FN2O3. The Morgan fingerprint density at radius 3 is 2.54 bits per heavy atom. The van der Waals surface area contributed by atoms with Gasteiger partial charge in [0.2, 0.25) is 0 Å². The van der Waals surface area contributed by atoms with Gasteiger partial charge in [0.15, 0.2) is 6.10 Å². The zero-order valence-electron chi connectivity index (χ0n) is 12.5. The molecule has 24 heavy (non-hydrogen) atoms. The van der Waals surface area contributed by atoms with Crippen LogP contribution in [0.5, 0.6) is 5.75 Å². The molecule has 2 aromatic rings. The fourth-order valence-corrected chi connectivity index (χ4v) is 2.19. The lowest BCUT2D eigenvalue weighted by Crippen LogP contribution is -2.47. The van der Waals surface area contributed by atoms with Gasteiger partial charge in [-0.2, -0.15) is 0 Å². The lowest BCUT2D eigenvalue weighted by Gasteiger charge is -2.16. The zero-order valence-corrected chi connectivity index (χ0v) is 14.0. The van der Waals surface area contributed by atoms with Crippen molar-refractivity contribution < 1.29 is 18.7 Å². The number of hydrogen-bond acceptors (Lipinski definition) is 3. The number of hydrazine groups is 1. The summed E-state index contributed by atoms with van der Waals surface area (Å²) in [5.74, 6) is -1.53. The standard InChI is InChI=1S/C16H13Cl2FN2O3/c1-9(24-14-6-5-11(17)8-13(14)18)15(22)20-21-16(23)10-3-2-4-12(19)7-10/h2-9H,1H3,(H,20,22)(H,21,23)/t9-/m0/s1. The zero-order chi connectivity index (χ0) is 17.7. The summed E-state index contributed by atoms with van der Waals surface area (Å²) in [7, 11) is 0. The van der Waals surface area contributed by atoms with E-state index in [0.29, 0.717) is 5.02 Å². The first-order chi connectivity index (χ1) is 11.4. The van der Waals surface area contributed by atoms with Crippen LogP contribution >= 0.6 is 23.2 Å². The Hall–Kier alpha value is -2.31. The van der Waals surface area contributed by atoms with E-state index in [1.54, 1.807) is 6.07 Å². The number of nitrogens with one attached hydrogen (secondary N) is 2. The molecule has 0 aliphatic rings. The molecular weight excluding hydrogens is 358 g/mol. The Balaban J connectivity index is 1.90. The van der Waals surface area contributed by atoms with E-state index in [2.05, 4.69) is 10.9 Å². The number of ether oxygens (including phenoxy) is 1. The second-order valence-electron chi connectivity index (χ2n) is 4.79. The molecule has 0 fully saturated rings. The minimum atomic E-state index is -0.934. The predicted molar refractivity (Wildman–Crippen MR) is 88.6 cm³/mol. The largest absolute Gasteiger partial charge is 0.479 e. The maximum Gasteiger partial charge on any atom is 0.279 e. The molecule has 0 heterocycles. The number of carbonyl (C=O) groups is 2. The van der Waals surface area contributed by atoms with Crippen LogP contribution in [0.25, 0.3) is 0 Å². The average Bonchev–Trinajstić information content (AvgIpc) is 2.54. The quantitative estimate of drug-likeness (QED) is 0.810. The van der Waals surface area contributed by atoms with Crippen LogP contribution in [-0.2, 0) is 4.79 Å². The minimum absolute atomic E-state index is 0.0737. The highest BCUT2D eigenvalue weighted by Crippen LogP contribution is 2.28. The van der Waals surface area contributed by atoms with E-state index in [4.69, 9.17) is 27.9 Å². The van der Waals surface area contributed by atoms with Gasteiger partial charge in [-0.25, -0.2) is 4.39 Å². The topological polar surface area (TPSA) is 67.4 Å². The van der Waals surface area contributed by atoms with Crippen molar-refractivity contribution in [2.45, 2.75) is 13.0 Å². The van der Waals surface area contributed by atoms with Crippen molar-refractivity contribution >= 4 is 35.0 Å². The Bertz CT molecular complexity index is 771. The van der Waals surface area contributed by atoms with Crippen LogP contribution in [0, 0.1) is 5.82 Å². The van der Waals surface area contributed by atoms with Crippen molar-refractivity contribution in [3.8, 4) is 5.75 Å². The monoisotopic (exact) mass is 370 g/mol. The van der Waals surface area contributed by atoms with Crippen LogP contribution in [-0.4, -0.2) is 17.9 Å². The van der Waals surface area contributed by atoms with Crippen molar-refractivity contribution in [1.29, 1.82) is 0 Å². The van der Waals surface area contributed by atoms with E-state index in [1.807, 2.05) is 0 Å². The summed E-state index contributed by atoms with van der Waals surface area (Å²) in [5, 5.41) is 0.692. The third-order valence-electron chi connectivity index (χ3n) is 2.95. The molecule has 0 aliphatic carbocycles. The van der Waals surface area contributed by atoms with E-state index in [9.17, 15) is 14.0 Å². The second-order valence-corrected chi connectivity index (χ2v) is 5.63. The summed E-state index contributed by atoms with van der Waals surface area (Å²) in [6.07, 6.45) is -0.934. The van der Waals surface area contributed by atoms with Crippen molar-refractivity contribution in [2.75, 3.05) is 0 Å². The van der Waals surface area contributed by atoms with Crippen molar-refractivity contribution in [1.82, 2.24) is 10.9 Å². The molecule has 0 saturated carbocycles. The molecule has 0 unspecified atom stereocenters. The van der Waals surface area contributed by atoms with Crippen LogP contribution in [0.1, 0.15) is 17.3 Å². The first-order valence-electron chi connectivity index (χ1n) is 6.84. The van der Waals surface area contributed by atoms with Crippen molar-refractivity contribution in [3.63, 3.8) is 0 Å². The molecule has 0 radical (unpaired) electrons. The molecule has 0 bridgehead atoms. The number of rotatable bonds is 4. The molecule has 8 heteroatoms. The molecule has 0 aliphatic heterocycles. The first kappa shape index (κ1) is 18.0. The van der Waals surface area contributed by atoms with Gasteiger partial charge < -0.3 is 4.74 Å². The number of halogens is 3. The van der Waals surface area contributed by atoms with E-state index in [-0.39, 0.29) is 16.3 Å². The Morgan fingerprint density at radius 2 is 1.88 bits per heavy atom. The Labute approximate surface area is 147 Å². The maximum absolute atomic E-state index is 13.1. The van der Waals surface area contributed by atoms with Gasteiger partial charge in [0, 0.05) is 10.6 Å². The van der Waals surface area contributed by atoms with Crippen LogP contribution < -0.4 is 15.6 Å². The SMILES string of the molecule is C[C@H](Oc1ccc(Cl)cc1Cl)C(=O)NNC(=O)c1cccc(F)c1. The summed E-state index contributed by atoms with van der Waals surface area (Å²) in [4.78, 5) is 23.7. The van der Waals surface area contributed by atoms with Gasteiger partial charge in [-0.1, -0.05) is 29.3 Å². The number of hydrogen-bond donors (Lipinski definition) is 2. The van der Waals surface area contributed by atoms with Gasteiger partial charge in [-0.15, -0.1) is 0 Å². The molecule has 2 rings (SSSR count). The van der Waals surface area contributed by atoms with Crippen molar-refractivity contribution in [2.24, 2.45) is 0 Å². The van der Waals surface area contributed by atoms with Crippen LogP contribution in [0.3, 0.4) is 0 Å². The van der Waals surface area contributed by atoms with Gasteiger partial charge in [-0.05, 0) is 43.3 Å². The van der Waals surface area contributed by atoms with E-state index >= 15 is 0 Å². The Kier molecular flexibility index (Phi) is 6.00. The van der Waals surface area contributed by atoms with Gasteiger partial charge >= 0.3 is 0 Å². The van der Waals surface area contributed by atoms with Gasteiger partial charge in [0.25, 0.3) is 11.8 Å². The van der Waals surface area contributed by atoms with E-state index < -0.39 is 23.7 Å². The summed E-state index contributed by atoms with van der Waals surface area (Å²) in [6, 6.07) is 9.64. The van der Waals surface area contributed by atoms with Crippen LogP contribution in [0.2, 0.25) is 10.0 Å². The predicted octanol–water partition coefficient (Wildman–Crippen LogP) is 3.36. The van der Waals surface area contributed by atoms with Crippen molar-refractivity contribution in [3.05, 3.63) is 63.9 Å². The number of benzene rings is 2. The van der Waals surface area contributed by atoms with E-state index in [1.165, 1.54) is 37.3 Å². The average molecular weight is 371 g/mol. The van der Waals surface area contributed by atoms with Crippen LogP contribution in [0.15, 0.2) is 42.5 Å². The lowest BCUT2D eigenvalue weighted by atomic mass is 10.2. The normalized spacial score (nSPS) is 11.5. The third kappa shape index (κ3) is 4.84. The molecule has 0 aromatic heterocycles. The highest BCUT2D eigenvalue weighted by Gasteiger charge is 2.17. The number of carbonyl (C=O) groups excluding carboxylic acids is 2. The first-order valence-corrected chi connectivity index (χ1v) is 7.60. The molecule has 0 saturated heterocycles. The summed E-state index contributed by atoms with van der Waals surface area (Å²) >= 11 is 11.7. The summed E-state index contributed by atoms with van der Waals surface area (Å²) in [6.45, 7) is 1.48. The third-order valence-corrected chi connectivity index (χ3v) is 3.48. The molecule has 1 atom stereocenters. The smallest absolute Gasteiger partial charge is 0.279 e. The maximum atomic E-state index is 13.1. The fourth-order valence-electron chi connectivity index (χ4n) is 1.74. The lowest BCUT2D eigenvalue weighted by molar-refractivity contribution is -0.128. The van der Waals surface area contributed by atoms with Gasteiger partial charge in [0.1, 0.15) is 11.6 Å². The molecule has 2 amide bonds. The fraction of sp³-hybridized carbons (Fsp3) is 0.125. The number of amides is 2. The van der Waals surface area contributed by atoms with Crippen LogP contribution in [0.4, 0.5) is 4.39 Å². The molecule has 5 nitrogen and oxygen atoms in total. The highest BCUT2D eigenvalue weighted by molar-refractivity contribution is 6.35. The Morgan fingerprint density at radius 1 is 1.12 bits per heavy atom. The van der Waals surface area contributed by atoms with Gasteiger partial charge in [0.05, 0.1) is 5.02 Å². The molecule has 2 aromatic carbocycles. The summed E-state index contributed by atoms with van der Waals surface area (Å²) in [5.41, 5.74) is 4.45. The molecule has 2 N–H and O–H groups in total. The molecule has 126 valence electrons. The second kappa shape index (κ2) is 7.99. The highest BCUT2D eigenvalue weighted by atomic mass is 35.5. The minimum Gasteiger partial charge on any atom is -0.479 e. The molecule has 0 spiro atoms. The summed E-state index contributed by atoms with van der Waals surface area (Å²) < 4.78 is 18.5.